The van der Waals surface area contributed by atoms with E-state index in [2.05, 4.69) is 19.9 Å². The van der Waals surface area contributed by atoms with Crippen molar-refractivity contribution in [1.82, 2.24) is 19.9 Å². The van der Waals surface area contributed by atoms with Gasteiger partial charge in [0.15, 0.2) is 10.3 Å². The molecule has 3 aromatic rings. The van der Waals surface area contributed by atoms with Gasteiger partial charge >= 0.3 is 0 Å². The molecule has 0 spiro atoms. The second-order valence-corrected chi connectivity index (χ2v) is 7.50. The Bertz CT molecular complexity index is 1170. The maximum atomic E-state index is 12.8. The molecule has 1 aromatic carbocycles. The maximum Gasteiger partial charge on any atom is 0.269 e. The predicted octanol–water partition coefficient (Wildman–Crippen LogP) is 1.80. The largest absolute Gasteiger partial charge is 0.493 e. The fraction of sp³-hybridized carbons (Fsp3) is 0.176. The number of nitrogens with zero attached hydrogens (tertiary/aromatic N) is 3. The molecule has 30 heavy (non-hydrogen) atoms. The van der Waals surface area contributed by atoms with E-state index in [0.717, 1.165) is 29.6 Å². The van der Waals surface area contributed by atoms with Crippen molar-refractivity contribution < 1.29 is 15.1 Å². The summed E-state index contributed by atoms with van der Waals surface area (Å²) in [5, 5.41) is 32.4. The Morgan fingerprint density at radius 3 is 1.90 bits per heavy atom. The summed E-state index contributed by atoms with van der Waals surface area (Å²) in [6, 6.07) is 5.18. The van der Waals surface area contributed by atoms with Crippen molar-refractivity contribution in [3.63, 3.8) is 0 Å². The van der Waals surface area contributed by atoms with Crippen LogP contribution in [0.3, 0.4) is 0 Å². The third-order valence-electron chi connectivity index (χ3n) is 4.21. The highest BCUT2D eigenvalue weighted by Crippen LogP contribution is 2.37. The minimum absolute atomic E-state index is 0.114. The van der Waals surface area contributed by atoms with Crippen LogP contribution in [0, 0.1) is 10.1 Å². The third kappa shape index (κ3) is 4.02. The fourth-order valence-corrected chi connectivity index (χ4v) is 3.66. The maximum absolute atomic E-state index is 12.8. The molecule has 0 fully saturated rings. The van der Waals surface area contributed by atoms with Crippen molar-refractivity contribution in [3.8, 4) is 11.8 Å². The number of H-pyrrole nitrogens is 2. The zero-order valence-electron chi connectivity index (χ0n) is 15.6. The molecule has 0 radical (unpaired) electrons. The first-order valence-corrected chi connectivity index (χ1v) is 10.7. The van der Waals surface area contributed by atoms with Gasteiger partial charge in [0, 0.05) is 12.1 Å². The van der Waals surface area contributed by atoms with Crippen LogP contribution in [0.15, 0.2) is 44.2 Å². The van der Waals surface area contributed by atoms with Crippen LogP contribution in [0.2, 0.25) is 0 Å². The molecule has 156 valence electrons. The van der Waals surface area contributed by atoms with Crippen molar-refractivity contribution in [2.24, 2.45) is 0 Å². The van der Waals surface area contributed by atoms with Crippen molar-refractivity contribution in [2.45, 2.75) is 16.2 Å². The molecule has 13 heteroatoms. The molecular weight excluding hydrogens is 434 g/mol. The average molecular weight is 449 g/mol. The highest BCUT2D eigenvalue weighted by atomic mass is 32.2. The molecule has 2 heterocycles. The van der Waals surface area contributed by atoms with Crippen LogP contribution < -0.4 is 11.1 Å². The Balaban J connectivity index is 2.38. The molecule has 2 aromatic heterocycles. The van der Waals surface area contributed by atoms with Gasteiger partial charge in [-0.25, -0.2) is 0 Å². The lowest BCUT2D eigenvalue weighted by Gasteiger charge is -2.18. The molecule has 11 nitrogen and oxygen atoms in total. The number of benzene rings is 1. The Morgan fingerprint density at radius 2 is 1.50 bits per heavy atom. The molecule has 0 unspecified atom stereocenters. The number of non-ortho nitro benzene ring substituents is 1. The summed E-state index contributed by atoms with van der Waals surface area (Å²) < 4.78 is 0. The van der Waals surface area contributed by atoms with Gasteiger partial charge in [0.2, 0.25) is 11.8 Å². The lowest BCUT2D eigenvalue weighted by atomic mass is 9.86. The zero-order chi connectivity index (χ0) is 22.0. The Labute approximate surface area is 176 Å². The van der Waals surface area contributed by atoms with E-state index in [1.807, 2.05) is 0 Å². The van der Waals surface area contributed by atoms with E-state index in [1.54, 1.807) is 12.5 Å². The number of nitrogens with one attached hydrogen (secondary N) is 2. The van der Waals surface area contributed by atoms with Crippen LogP contribution in [0.1, 0.15) is 22.6 Å². The predicted molar refractivity (Wildman–Crippen MR) is 111 cm³/mol. The normalized spacial score (nSPS) is 11.0. The SMILES string of the molecule is CSc1nc(O)c(C(c2cccc([N+](=O)[O-])c2)c2c(O)nc(SC)[nH]c2=O)c(=O)[nH]1. The summed E-state index contributed by atoms with van der Waals surface area (Å²) >= 11 is 2.16. The topological polar surface area (TPSA) is 175 Å². The molecule has 3 rings (SSSR count). The lowest BCUT2D eigenvalue weighted by Crippen LogP contribution is -2.26. The standard InChI is InChI=1S/C17H15N5O6S2/c1-29-16-18-12(23)10(13(24)19-16)9(7-4-3-5-8(6-7)22(27)28)11-14(25)20-17(30-2)21-15(11)26/h3-6,9H,1-2H3,(H2,18,19,23,24)(H2,20,21,25,26). The summed E-state index contributed by atoms with van der Waals surface area (Å²) in [5.41, 5.74) is -2.43. The van der Waals surface area contributed by atoms with Crippen molar-refractivity contribution >= 4 is 29.2 Å². The Morgan fingerprint density at radius 1 is 1.00 bits per heavy atom. The number of aromatic nitrogens is 4. The van der Waals surface area contributed by atoms with E-state index >= 15 is 0 Å². The van der Waals surface area contributed by atoms with Gasteiger partial charge in [0.25, 0.3) is 16.8 Å². The van der Waals surface area contributed by atoms with Crippen LogP contribution in [0.5, 0.6) is 11.8 Å². The highest BCUT2D eigenvalue weighted by Gasteiger charge is 2.31. The van der Waals surface area contributed by atoms with Crippen molar-refractivity contribution in [3.05, 3.63) is 71.8 Å². The lowest BCUT2D eigenvalue weighted by molar-refractivity contribution is -0.384. The van der Waals surface area contributed by atoms with Gasteiger partial charge < -0.3 is 20.2 Å². The Kier molecular flexibility index (Phi) is 6.12. The molecule has 4 N–H and O–H groups in total. The quantitative estimate of drug-likeness (QED) is 0.188. The van der Waals surface area contributed by atoms with Crippen LogP contribution in [-0.4, -0.2) is 47.6 Å². The molecule has 0 aliphatic carbocycles. The smallest absolute Gasteiger partial charge is 0.269 e. The van der Waals surface area contributed by atoms with Crippen LogP contribution in [0.25, 0.3) is 0 Å². The summed E-state index contributed by atoms with van der Waals surface area (Å²) in [7, 11) is 0. The van der Waals surface area contributed by atoms with Gasteiger partial charge in [-0.2, -0.15) is 9.97 Å². The van der Waals surface area contributed by atoms with E-state index in [-0.39, 0.29) is 32.7 Å². The number of hydrogen-bond donors (Lipinski definition) is 4. The number of aromatic hydroxyl groups is 2. The minimum atomic E-state index is -1.37. The summed E-state index contributed by atoms with van der Waals surface area (Å²) in [6.45, 7) is 0. The zero-order valence-corrected chi connectivity index (χ0v) is 17.2. The number of nitro groups is 1. The average Bonchev–Trinajstić information content (AvgIpc) is 2.71. The number of aromatic amines is 2. The molecule has 0 aliphatic rings. The van der Waals surface area contributed by atoms with Gasteiger partial charge in [-0.05, 0) is 18.1 Å². The van der Waals surface area contributed by atoms with E-state index in [0.29, 0.717) is 0 Å². The number of hydrogen-bond acceptors (Lipinski definition) is 10. The molecule has 0 saturated carbocycles. The van der Waals surface area contributed by atoms with Crippen LogP contribution in [-0.2, 0) is 0 Å². The molecule has 0 aliphatic heterocycles. The van der Waals surface area contributed by atoms with E-state index < -0.39 is 33.7 Å². The number of nitro benzene ring substituents is 1. The van der Waals surface area contributed by atoms with E-state index in [1.165, 1.54) is 18.2 Å². The molecule has 0 atom stereocenters. The first kappa shape index (κ1) is 21.4. The highest BCUT2D eigenvalue weighted by molar-refractivity contribution is 7.98. The fourth-order valence-electron chi connectivity index (χ4n) is 2.91. The van der Waals surface area contributed by atoms with Gasteiger partial charge in [-0.3, -0.25) is 19.7 Å². The first-order chi connectivity index (χ1) is 14.3. The monoisotopic (exact) mass is 449 g/mol. The second-order valence-electron chi connectivity index (χ2n) is 5.91. The number of rotatable bonds is 6. The molecule has 0 amide bonds. The second kappa shape index (κ2) is 8.59. The van der Waals surface area contributed by atoms with Gasteiger partial charge in [0.1, 0.15) is 0 Å². The minimum Gasteiger partial charge on any atom is -0.493 e. The van der Waals surface area contributed by atoms with Gasteiger partial charge in [-0.1, -0.05) is 35.7 Å². The summed E-state index contributed by atoms with van der Waals surface area (Å²) in [4.78, 5) is 48.8. The van der Waals surface area contributed by atoms with E-state index in [4.69, 9.17) is 0 Å². The Hall–Kier alpha value is -3.32. The summed E-state index contributed by atoms with van der Waals surface area (Å²) in [5.74, 6) is -2.72. The first-order valence-electron chi connectivity index (χ1n) is 8.25. The van der Waals surface area contributed by atoms with Gasteiger partial charge in [0.05, 0.1) is 22.0 Å². The van der Waals surface area contributed by atoms with E-state index in [9.17, 15) is 29.9 Å². The third-order valence-corrected chi connectivity index (χ3v) is 5.37. The molecule has 0 saturated heterocycles. The number of thioether (sulfide) groups is 2. The van der Waals surface area contributed by atoms with Crippen molar-refractivity contribution in [2.75, 3.05) is 12.5 Å². The van der Waals surface area contributed by atoms with Gasteiger partial charge in [-0.15, -0.1) is 0 Å². The molecular formula is C17H15N5O6S2. The van der Waals surface area contributed by atoms with Crippen LogP contribution >= 0.6 is 23.5 Å². The van der Waals surface area contributed by atoms with Crippen LogP contribution in [0.4, 0.5) is 5.69 Å². The summed E-state index contributed by atoms with van der Waals surface area (Å²) in [6.07, 6.45) is 3.27. The molecule has 0 bridgehead atoms. The van der Waals surface area contributed by atoms with Crippen molar-refractivity contribution in [1.29, 1.82) is 0 Å².